The number of anilines is 1. The fourth-order valence-electron chi connectivity index (χ4n) is 1.73. The Balaban J connectivity index is 2.32. The van der Waals surface area contributed by atoms with Crippen LogP contribution in [0.5, 0.6) is 5.75 Å². The largest absolute Gasteiger partial charge is 0.495 e. The van der Waals surface area contributed by atoms with Gasteiger partial charge in [-0.1, -0.05) is 6.07 Å². The van der Waals surface area contributed by atoms with Crippen LogP contribution in [-0.4, -0.2) is 13.0 Å². The number of rotatable bonds is 3. The number of nitrogens with zero attached hydrogens (tertiary/aromatic N) is 1. The van der Waals surface area contributed by atoms with Crippen LogP contribution in [0.4, 0.5) is 14.5 Å². The third kappa shape index (κ3) is 2.98. The molecule has 1 N–H and O–H groups in total. The second-order valence-electron chi connectivity index (χ2n) is 4.08. The second kappa shape index (κ2) is 6.01. The molecule has 0 unspecified atom stereocenters. The van der Waals surface area contributed by atoms with Crippen molar-refractivity contribution in [2.24, 2.45) is 0 Å². The molecule has 0 bridgehead atoms. The molecule has 0 spiro atoms. The molecular weight excluding hydrogens is 278 g/mol. The average Bonchev–Trinajstić information content (AvgIpc) is 2.50. The van der Waals surface area contributed by atoms with E-state index in [9.17, 15) is 13.6 Å². The summed E-state index contributed by atoms with van der Waals surface area (Å²) in [6.45, 7) is 0. The van der Waals surface area contributed by atoms with Crippen LogP contribution < -0.4 is 10.1 Å². The van der Waals surface area contributed by atoms with Gasteiger partial charge in [-0.2, -0.15) is 5.26 Å². The van der Waals surface area contributed by atoms with Gasteiger partial charge in [0.1, 0.15) is 5.75 Å². The van der Waals surface area contributed by atoms with Gasteiger partial charge < -0.3 is 10.1 Å². The van der Waals surface area contributed by atoms with Crippen molar-refractivity contribution in [2.75, 3.05) is 12.4 Å². The van der Waals surface area contributed by atoms with Crippen LogP contribution in [0.2, 0.25) is 0 Å². The number of carbonyl (C=O) groups is 1. The van der Waals surface area contributed by atoms with E-state index >= 15 is 0 Å². The number of carbonyl (C=O) groups excluding carboxylic acids is 1. The molecular formula is C15H10F2N2O2. The first-order chi connectivity index (χ1) is 10.1. The normalized spacial score (nSPS) is 9.81. The van der Waals surface area contributed by atoms with Crippen molar-refractivity contribution in [3.05, 3.63) is 59.2 Å². The van der Waals surface area contributed by atoms with E-state index in [1.807, 2.05) is 6.07 Å². The summed E-state index contributed by atoms with van der Waals surface area (Å²) in [4.78, 5) is 12.0. The first-order valence-electron chi connectivity index (χ1n) is 5.90. The first kappa shape index (κ1) is 14.5. The molecule has 0 radical (unpaired) electrons. The monoisotopic (exact) mass is 288 g/mol. The van der Waals surface area contributed by atoms with Crippen LogP contribution in [-0.2, 0) is 0 Å². The SMILES string of the molecule is COc1cc(C#N)ccc1NC(=O)c1cccc(F)c1F. The highest BCUT2D eigenvalue weighted by molar-refractivity contribution is 6.05. The van der Waals surface area contributed by atoms with E-state index in [0.717, 1.165) is 6.07 Å². The molecule has 1 amide bonds. The van der Waals surface area contributed by atoms with E-state index in [1.54, 1.807) is 0 Å². The Morgan fingerprint density at radius 1 is 1.29 bits per heavy atom. The molecule has 0 saturated carbocycles. The zero-order chi connectivity index (χ0) is 15.4. The average molecular weight is 288 g/mol. The minimum absolute atomic E-state index is 0.249. The number of nitrogens with one attached hydrogen (secondary N) is 1. The lowest BCUT2D eigenvalue weighted by Gasteiger charge is -2.11. The summed E-state index contributed by atoms with van der Waals surface area (Å²) in [5.74, 6) is -2.88. The van der Waals surface area contributed by atoms with Gasteiger partial charge in [-0.3, -0.25) is 4.79 Å². The molecule has 0 atom stereocenters. The number of benzene rings is 2. The summed E-state index contributed by atoms with van der Waals surface area (Å²) < 4.78 is 31.7. The summed E-state index contributed by atoms with van der Waals surface area (Å²) in [5.41, 5.74) is 0.188. The van der Waals surface area contributed by atoms with E-state index < -0.39 is 23.1 Å². The lowest BCUT2D eigenvalue weighted by molar-refractivity contribution is 0.102. The fraction of sp³-hybridized carbons (Fsp3) is 0.0667. The summed E-state index contributed by atoms with van der Waals surface area (Å²) in [5, 5.41) is 11.2. The molecule has 2 rings (SSSR count). The molecule has 2 aromatic carbocycles. The number of amides is 1. The van der Waals surface area contributed by atoms with Crippen LogP contribution in [0.3, 0.4) is 0 Å². The van der Waals surface area contributed by atoms with Gasteiger partial charge in [-0.05, 0) is 24.3 Å². The third-order valence-electron chi connectivity index (χ3n) is 2.78. The zero-order valence-corrected chi connectivity index (χ0v) is 11.0. The van der Waals surface area contributed by atoms with Crippen molar-refractivity contribution in [3.8, 4) is 11.8 Å². The Hall–Kier alpha value is -2.94. The predicted octanol–water partition coefficient (Wildman–Crippen LogP) is 3.10. The minimum atomic E-state index is -1.22. The molecule has 0 aliphatic rings. The maximum Gasteiger partial charge on any atom is 0.258 e. The molecule has 0 aliphatic carbocycles. The Labute approximate surface area is 119 Å². The highest BCUT2D eigenvalue weighted by Gasteiger charge is 2.16. The van der Waals surface area contributed by atoms with Gasteiger partial charge in [0.25, 0.3) is 5.91 Å². The molecule has 21 heavy (non-hydrogen) atoms. The molecule has 106 valence electrons. The van der Waals surface area contributed by atoms with Crippen molar-refractivity contribution in [1.29, 1.82) is 5.26 Å². The smallest absolute Gasteiger partial charge is 0.258 e. The van der Waals surface area contributed by atoms with Gasteiger partial charge >= 0.3 is 0 Å². The van der Waals surface area contributed by atoms with E-state index in [0.29, 0.717) is 5.56 Å². The predicted molar refractivity (Wildman–Crippen MR) is 72.0 cm³/mol. The molecule has 0 heterocycles. The Bertz CT molecular complexity index is 739. The van der Waals surface area contributed by atoms with Gasteiger partial charge in [0.05, 0.1) is 30.0 Å². The van der Waals surface area contributed by atoms with Gasteiger partial charge in [0.15, 0.2) is 11.6 Å². The lowest BCUT2D eigenvalue weighted by Crippen LogP contribution is -2.15. The number of hydrogen-bond acceptors (Lipinski definition) is 3. The van der Waals surface area contributed by atoms with Crippen molar-refractivity contribution in [3.63, 3.8) is 0 Å². The number of nitriles is 1. The number of halogens is 2. The van der Waals surface area contributed by atoms with Gasteiger partial charge in [0, 0.05) is 6.07 Å². The van der Waals surface area contributed by atoms with Crippen LogP contribution in [0.15, 0.2) is 36.4 Å². The first-order valence-corrected chi connectivity index (χ1v) is 5.90. The summed E-state index contributed by atoms with van der Waals surface area (Å²) in [7, 11) is 1.37. The van der Waals surface area contributed by atoms with Crippen molar-refractivity contribution < 1.29 is 18.3 Å². The standard InChI is InChI=1S/C15H10F2N2O2/c1-21-13-7-9(8-18)5-6-12(13)19-15(20)10-3-2-4-11(16)14(10)17/h2-7H,1H3,(H,19,20). The highest BCUT2D eigenvalue weighted by Crippen LogP contribution is 2.26. The zero-order valence-electron chi connectivity index (χ0n) is 11.0. The van der Waals surface area contributed by atoms with Crippen molar-refractivity contribution in [1.82, 2.24) is 0 Å². The van der Waals surface area contributed by atoms with E-state index in [4.69, 9.17) is 10.00 Å². The van der Waals surface area contributed by atoms with Gasteiger partial charge in [0.2, 0.25) is 0 Å². The fourth-order valence-corrected chi connectivity index (χ4v) is 1.73. The van der Waals surface area contributed by atoms with Crippen LogP contribution >= 0.6 is 0 Å². The summed E-state index contributed by atoms with van der Waals surface area (Å²) in [6, 6.07) is 9.61. The quantitative estimate of drug-likeness (QED) is 0.944. The van der Waals surface area contributed by atoms with Gasteiger partial charge in [-0.25, -0.2) is 8.78 Å². The van der Waals surface area contributed by atoms with Crippen molar-refractivity contribution >= 4 is 11.6 Å². The minimum Gasteiger partial charge on any atom is -0.495 e. The molecule has 2 aromatic rings. The number of ether oxygens (including phenoxy) is 1. The summed E-state index contributed by atoms with van der Waals surface area (Å²) in [6.07, 6.45) is 0. The molecule has 0 aromatic heterocycles. The topological polar surface area (TPSA) is 62.1 Å². The molecule has 0 fully saturated rings. The van der Waals surface area contributed by atoms with E-state index in [2.05, 4.69) is 5.32 Å². The van der Waals surface area contributed by atoms with Crippen LogP contribution in [0, 0.1) is 23.0 Å². The number of methoxy groups -OCH3 is 1. The second-order valence-corrected chi connectivity index (χ2v) is 4.08. The van der Waals surface area contributed by atoms with Crippen molar-refractivity contribution in [2.45, 2.75) is 0 Å². The van der Waals surface area contributed by atoms with E-state index in [-0.39, 0.29) is 11.4 Å². The molecule has 4 nitrogen and oxygen atoms in total. The van der Waals surface area contributed by atoms with Crippen LogP contribution in [0.25, 0.3) is 0 Å². The maximum atomic E-state index is 13.5. The Morgan fingerprint density at radius 3 is 2.71 bits per heavy atom. The van der Waals surface area contributed by atoms with Gasteiger partial charge in [-0.15, -0.1) is 0 Å². The Morgan fingerprint density at radius 2 is 2.05 bits per heavy atom. The van der Waals surface area contributed by atoms with E-state index in [1.165, 1.54) is 37.4 Å². The lowest BCUT2D eigenvalue weighted by atomic mass is 10.1. The summed E-state index contributed by atoms with van der Waals surface area (Å²) >= 11 is 0. The molecule has 0 saturated heterocycles. The molecule has 6 heteroatoms. The maximum absolute atomic E-state index is 13.5. The third-order valence-corrected chi connectivity index (χ3v) is 2.78. The molecule has 0 aliphatic heterocycles. The Kier molecular flexibility index (Phi) is 4.14. The number of hydrogen-bond donors (Lipinski definition) is 1. The van der Waals surface area contributed by atoms with Crippen LogP contribution in [0.1, 0.15) is 15.9 Å². The highest BCUT2D eigenvalue weighted by atomic mass is 19.2.